The van der Waals surface area contributed by atoms with Crippen molar-refractivity contribution in [2.45, 2.75) is 0 Å². The number of nitrogen functional groups attached to an aromatic ring is 1. The van der Waals surface area contributed by atoms with E-state index in [-0.39, 0.29) is 0 Å². The summed E-state index contributed by atoms with van der Waals surface area (Å²) in [6, 6.07) is 9.66. The molecule has 6 heteroatoms. The minimum atomic E-state index is 0.478. The van der Waals surface area contributed by atoms with E-state index >= 15 is 0 Å². The summed E-state index contributed by atoms with van der Waals surface area (Å²) in [5, 5.41) is 14.5. The minimum Gasteiger partial charge on any atom is -0.382 e. The van der Waals surface area contributed by atoms with Crippen LogP contribution in [-0.2, 0) is 0 Å². The SMILES string of the molecule is Nc1cc(-c2cccc(-n3ccnn3)c2)[nH]n1. The number of H-pyrrole nitrogens is 1. The number of rotatable bonds is 2. The maximum Gasteiger partial charge on any atom is 0.145 e. The van der Waals surface area contributed by atoms with Crippen LogP contribution in [0.25, 0.3) is 16.9 Å². The third kappa shape index (κ3) is 1.76. The molecule has 0 bridgehead atoms. The Morgan fingerprint density at radius 2 is 2.18 bits per heavy atom. The maximum atomic E-state index is 5.58. The normalized spacial score (nSPS) is 10.6. The number of anilines is 1. The topological polar surface area (TPSA) is 85.4 Å². The van der Waals surface area contributed by atoms with Crippen LogP contribution in [-0.4, -0.2) is 25.2 Å². The van der Waals surface area contributed by atoms with E-state index in [0.29, 0.717) is 5.82 Å². The summed E-state index contributed by atoms with van der Waals surface area (Å²) in [4.78, 5) is 0. The molecule has 84 valence electrons. The summed E-state index contributed by atoms with van der Waals surface area (Å²) in [5.41, 5.74) is 8.40. The van der Waals surface area contributed by atoms with Crippen molar-refractivity contribution in [2.75, 3.05) is 5.73 Å². The predicted molar refractivity (Wildman–Crippen MR) is 63.4 cm³/mol. The smallest absolute Gasteiger partial charge is 0.145 e. The Bertz CT molecular complexity index is 625. The highest BCUT2D eigenvalue weighted by molar-refractivity contribution is 5.64. The number of nitrogens with zero attached hydrogens (tertiary/aromatic N) is 4. The maximum absolute atomic E-state index is 5.58. The monoisotopic (exact) mass is 226 g/mol. The molecule has 0 fully saturated rings. The van der Waals surface area contributed by atoms with E-state index in [1.54, 1.807) is 23.1 Å². The average Bonchev–Trinajstić information content (AvgIpc) is 3.00. The van der Waals surface area contributed by atoms with Gasteiger partial charge >= 0.3 is 0 Å². The van der Waals surface area contributed by atoms with Crippen LogP contribution in [0.2, 0.25) is 0 Å². The average molecular weight is 226 g/mol. The lowest BCUT2D eigenvalue weighted by Gasteiger charge is -2.02. The lowest BCUT2D eigenvalue weighted by molar-refractivity contribution is 0.803. The highest BCUT2D eigenvalue weighted by atomic mass is 15.4. The second-order valence-corrected chi connectivity index (χ2v) is 3.60. The molecule has 0 radical (unpaired) electrons. The minimum absolute atomic E-state index is 0.478. The van der Waals surface area contributed by atoms with Gasteiger partial charge in [0.2, 0.25) is 0 Å². The molecule has 3 N–H and O–H groups in total. The zero-order valence-electron chi connectivity index (χ0n) is 8.91. The van der Waals surface area contributed by atoms with Crippen molar-refractivity contribution in [1.82, 2.24) is 25.2 Å². The fourth-order valence-corrected chi connectivity index (χ4v) is 1.65. The first-order valence-electron chi connectivity index (χ1n) is 5.11. The molecule has 0 saturated carbocycles. The van der Waals surface area contributed by atoms with Crippen molar-refractivity contribution in [3.63, 3.8) is 0 Å². The number of hydrogen-bond acceptors (Lipinski definition) is 4. The van der Waals surface area contributed by atoms with Crippen LogP contribution in [0.15, 0.2) is 42.7 Å². The molecule has 0 aliphatic carbocycles. The van der Waals surface area contributed by atoms with Crippen molar-refractivity contribution in [2.24, 2.45) is 0 Å². The summed E-state index contributed by atoms with van der Waals surface area (Å²) >= 11 is 0. The lowest BCUT2D eigenvalue weighted by atomic mass is 10.1. The lowest BCUT2D eigenvalue weighted by Crippen LogP contribution is -1.95. The van der Waals surface area contributed by atoms with E-state index in [1.165, 1.54) is 0 Å². The van der Waals surface area contributed by atoms with Crippen molar-refractivity contribution in [3.05, 3.63) is 42.7 Å². The van der Waals surface area contributed by atoms with Gasteiger partial charge in [-0.2, -0.15) is 5.10 Å². The molecule has 0 atom stereocenters. The number of hydrogen-bond donors (Lipinski definition) is 2. The van der Waals surface area contributed by atoms with Gasteiger partial charge in [-0.1, -0.05) is 17.3 Å². The van der Waals surface area contributed by atoms with Gasteiger partial charge < -0.3 is 5.73 Å². The number of benzene rings is 1. The molecule has 2 heterocycles. The Kier molecular flexibility index (Phi) is 2.11. The fourth-order valence-electron chi connectivity index (χ4n) is 1.65. The second-order valence-electron chi connectivity index (χ2n) is 3.60. The zero-order valence-corrected chi connectivity index (χ0v) is 8.91. The summed E-state index contributed by atoms with van der Waals surface area (Å²) in [7, 11) is 0. The molecule has 2 aromatic heterocycles. The molecule has 3 aromatic rings. The Morgan fingerprint density at radius 3 is 2.88 bits per heavy atom. The van der Waals surface area contributed by atoms with E-state index < -0.39 is 0 Å². The molecular formula is C11H10N6. The molecule has 0 spiro atoms. The van der Waals surface area contributed by atoms with E-state index in [2.05, 4.69) is 20.5 Å². The van der Waals surface area contributed by atoms with Gasteiger partial charge in [0.25, 0.3) is 0 Å². The molecule has 0 aliphatic rings. The summed E-state index contributed by atoms with van der Waals surface area (Å²) in [5.74, 6) is 0.478. The molecule has 1 aromatic carbocycles. The van der Waals surface area contributed by atoms with E-state index in [4.69, 9.17) is 5.73 Å². The molecular weight excluding hydrogens is 216 g/mol. The van der Waals surface area contributed by atoms with E-state index in [0.717, 1.165) is 16.9 Å². The molecule has 6 nitrogen and oxygen atoms in total. The Morgan fingerprint density at radius 1 is 1.24 bits per heavy atom. The van der Waals surface area contributed by atoms with Gasteiger partial charge in [0, 0.05) is 11.6 Å². The molecule has 3 rings (SSSR count). The first-order chi connectivity index (χ1) is 8.33. The summed E-state index contributed by atoms with van der Waals surface area (Å²) < 4.78 is 1.70. The highest BCUT2D eigenvalue weighted by Gasteiger charge is 2.03. The van der Waals surface area contributed by atoms with E-state index in [1.807, 2.05) is 24.3 Å². The van der Waals surface area contributed by atoms with Crippen molar-refractivity contribution in [3.8, 4) is 16.9 Å². The quantitative estimate of drug-likeness (QED) is 0.688. The summed E-state index contributed by atoms with van der Waals surface area (Å²) in [6.07, 6.45) is 3.43. The van der Waals surface area contributed by atoms with Crippen LogP contribution in [0.4, 0.5) is 5.82 Å². The third-order valence-corrected chi connectivity index (χ3v) is 2.44. The zero-order chi connectivity index (χ0) is 11.7. The predicted octanol–water partition coefficient (Wildman–Crippen LogP) is 1.24. The van der Waals surface area contributed by atoms with Crippen molar-refractivity contribution >= 4 is 5.82 Å². The van der Waals surface area contributed by atoms with Crippen LogP contribution in [0.5, 0.6) is 0 Å². The van der Waals surface area contributed by atoms with E-state index in [9.17, 15) is 0 Å². The first kappa shape index (κ1) is 9.59. The van der Waals surface area contributed by atoms with Crippen LogP contribution in [0.3, 0.4) is 0 Å². The number of aromatic amines is 1. The van der Waals surface area contributed by atoms with Gasteiger partial charge in [0.05, 0.1) is 23.8 Å². The molecule has 0 aliphatic heterocycles. The van der Waals surface area contributed by atoms with Crippen molar-refractivity contribution in [1.29, 1.82) is 0 Å². The van der Waals surface area contributed by atoms with Gasteiger partial charge in [-0.3, -0.25) is 5.10 Å². The fraction of sp³-hybridized carbons (Fsp3) is 0. The molecule has 0 unspecified atom stereocenters. The van der Waals surface area contributed by atoms with Crippen LogP contribution < -0.4 is 5.73 Å². The standard InChI is InChI=1S/C11H10N6/c12-11-7-10(14-15-11)8-2-1-3-9(6-8)17-5-4-13-16-17/h1-7H,(H3,12,14,15). The molecule has 0 amide bonds. The van der Waals surface area contributed by atoms with Gasteiger partial charge in [-0.05, 0) is 12.1 Å². The van der Waals surface area contributed by atoms with Gasteiger partial charge in [-0.25, -0.2) is 4.68 Å². The summed E-state index contributed by atoms with van der Waals surface area (Å²) in [6.45, 7) is 0. The Labute approximate surface area is 97.1 Å². The van der Waals surface area contributed by atoms with Crippen LogP contribution in [0, 0.1) is 0 Å². The molecule has 17 heavy (non-hydrogen) atoms. The Balaban J connectivity index is 2.05. The second kappa shape index (κ2) is 3.75. The first-order valence-corrected chi connectivity index (χ1v) is 5.11. The van der Waals surface area contributed by atoms with Crippen LogP contribution >= 0.6 is 0 Å². The molecule has 0 saturated heterocycles. The Hall–Kier alpha value is -2.63. The van der Waals surface area contributed by atoms with Crippen LogP contribution in [0.1, 0.15) is 0 Å². The highest BCUT2D eigenvalue weighted by Crippen LogP contribution is 2.20. The largest absolute Gasteiger partial charge is 0.382 e. The number of nitrogens with one attached hydrogen (secondary N) is 1. The van der Waals surface area contributed by atoms with Gasteiger partial charge in [-0.15, -0.1) is 5.10 Å². The third-order valence-electron chi connectivity index (χ3n) is 2.44. The number of aromatic nitrogens is 5. The van der Waals surface area contributed by atoms with Gasteiger partial charge in [0.1, 0.15) is 5.82 Å². The number of nitrogens with two attached hydrogens (primary N) is 1. The van der Waals surface area contributed by atoms with Gasteiger partial charge in [0.15, 0.2) is 0 Å². The van der Waals surface area contributed by atoms with Crippen molar-refractivity contribution < 1.29 is 0 Å².